The summed E-state index contributed by atoms with van der Waals surface area (Å²) in [6.07, 6.45) is 0. The number of hydrogen-bond donors (Lipinski definition) is 1. The zero-order chi connectivity index (χ0) is 13.5. The lowest BCUT2D eigenvalue weighted by molar-refractivity contribution is -0.136. The number of hydrogen-bond acceptors (Lipinski definition) is 3. The van der Waals surface area contributed by atoms with Crippen molar-refractivity contribution in [1.29, 1.82) is 0 Å². The summed E-state index contributed by atoms with van der Waals surface area (Å²) in [6.45, 7) is 2.78. The Balaban J connectivity index is 2.63. The Morgan fingerprint density at radius 1 is 1.50 bits per heavy atom. The highest BCUT2D eigenvalue weighted by molar-refractivity contribution is 6.31. The Hall–Kier alpha value is -1.10. The van der Waals surface area contributed by atoms with Crippen LogP contribution in [0.25, 0.3) is 0 Å². The number of halogens is 1. The number of ether oxygens (including phenoxy) is 1. The molecule has 0 radical (unpaired) electrons. The highest BCUT2D eigenvalue weighted by Gasteiger charge is 2.18. The molecular weight excluding hydrogens is 252 g/mol. The number of likely N-dealkylation sites (N-methyl/N-ethyl adjacent to an activating group) is 1. The molecule has 2 N–H and O–H groups in total. The van der Waals surface area contributed by atoms with Crippen molar-refractivity contribution in [2.24, 2.45) is 5.73 Å². The molecule has 0 aromatic heterocycles. The number of carbonyl (C=O) groups is 1. The fraction of sp³-hybridized carbons (Fsp3) is 0.462. The molecule has 5 heteroatoms. The Kier molecular flexibility index (Phi) is 6.12. The van der Waals surface area contributed by atoms with Crippen LogP contribution in [0.15, 0.2) is 24.3 Å². The van der Waals surface area contributed by atoms with Gasteiger partial charge in [0.15, 0.2) is 0 Å². The minimum atomic E-state index is -0.0901. The van der Waals surface area contributed by atoms with E-state index in [2.05, 4.69) is 0 Å². The molecular formula is C13H19ClN2O2. The first-order chi connectivity index (χ1) is 8.57. The van der Waals surface area contributed by atoms with E-state index in [9.17, 15) is 4.79 Å². The van der Waals surface area contributed by atoms with E-state index in [0.717, 1.165) is 5.56 Å². The summed E-state index contributed by atoms with van der Waals surface area (Å²) < 4.78 is 5.13. The monoisotopic (exact) mass is 270 g/mol. The lowest BCUT2D eigenvalue weighted by Gasteiger charge is -2.26. The maximum absolute atomic E-state index is 11.9. The van der Waals surface area contributed by atoms with Gasteiger partial charge in [-0.15, -0.1) is 0 Å². The summed E-state index contributed by atoms with van der Waals surface area (Å²) >= 11 is 6.11. The first-order valence-corrected chi connectivity index (χ1v) is 6.23. The van der Waals surface area contributed by atoms with E-state index in [1.807, 2.05) is 31.2 Å². The average Bonchev–Trinajstić information content (AvgIpc) is 2.38. The van der Waals surface area contributed by atoms with Crippen LogP contribution in [0.2, 0.25) is 5.02 Å². The van der Waals surface area contributed by atoms with Gasteiger partial charge >= 0.3 is 0 Å². The predicted octanol–water partition coefficient (Wildman–Crippen LogP) is 1.83. The molecule has 0 saturated heterocycles. The molecule has 1 aromatic rings. The highest BCUT2D eigenvalue weighted by atomic mass is 35.5. The quantitative estimate of drug-likeness (QED) is 0.803. The third-order valence-corrected chi connectivity index (χ3v) is 3.16. The summed E-state index contributed by atoms with van der Waals surface area (Å²) in [6, 6.07) is 7.41. The molecule has 1 atom stereocenters. The number of nitrogens with two attached hydrogens (primary N) is 1. The second-order valence-corrected chi connectivity index (χ2v) is 4.45. The highest BCUT2D eigenvalue weighted by Crippen LogP contribution is 2.26. The predicted molar refractivity (Wildman–Crippen MR) is 72.5 cm³/mol. The summed E-state index contributed by atoms with van der Waals surface area (Å²) in [7, 11) is 1.74. The summed E-state index contributed by atoms with van der Waals surface area (Å²) in [5.41, 5.74) is 6.22. The van der Waals surface area contributed by atoms with E-state index < -0.39 is 0 Å². The zero-order valence-electron chi connectivity index (χ0n) is 10.7. The Morgan fingerprint density at radius 2 is 2.17 bits per heavy atom. The van der Waals surface area contributed by atoms with Crippen molar-refractivity contribution in [3.05, 3.63) is 34.9 Å². The van der Waals surface area contributed by atoms with Gasteiger partial charge in [0.05, 0.1) is 12.6 Å². The average molecular weight is 271 g/mol. The molecule has 1 unspecified atom stereocenters. The van der Waals surface area contributed by atoms with Crippen LogP contribution < -0.4 is 5.73 Å². The minimum absolute atomic E-state index is 0.0441. The van der Waals surface area contributed by atoms with Gasteiger partial charge in [0.2, 0.25) is 5.91 Å². The van der Waals surface area contributed by atoms with E-state index >= 15 is 0 Å². The molecule has 1 aromatic carbocycles. The van der Waals surface area contributed by atoms with E-state index in [1.165, 1.54) is 0 Å². The van der Waals surface area contributed by atoms with Gasteiger partial charge in [0.1, 0.15) is 6.61 Å². The van der Waals surface area contributed by atoms with Gasteiger partial charge < -0.3 is 15.4 Å². The van der Waals surface area contributed by atoms with Gasteiger partial charge in [-0.25, -0.2) is 0 Å². The van der Waals surface area contributed by atoms with Crippen LogP contribution in [-0.4, -0.2) is 37.6 Å². The number of rotatable bonds is 6. The SMILES string of the molecule is CC(c1ccccc1Cl)N(C)C(=O)COCCN. The van der Waals surface area contributed by atoms with Crippen molar-refractivity contribution in [1.82, 2.24) is 4.90 Å². The Labute approximate surface area is 113 Å². The molecule has 18 heavy (non-hydrogen) atoms. The van der Waals surface area contributed by atoms with Crippen molar-refractivity contribution in [2.45, 2.75) is 13.0 Å². The lowest BCUT2D eigenvalue weighted by Crippen LogP contribution is -2.33. The summed E-state index contributed by atoms with van der Waals surface area (Å²) in [5.74, 6) is -0.0872. The molecule has 0 heterocycles. The summed E-state index contributed by atoms with van der Waals surface area (Å²) in [4.78, 5) is 13.5. The van der Waals surface area contributed by atoms with Crippen molar-refractivity contribution in [3.63, 3.8) is 0 Å². The zero-order valence-corrected chi connectivity index (χ0v) is 11.5. The fourth-order valence-electron chi connectivity index (χ4n) is 1.58. The number of carbonyl (C=O) groups excluding carboxylic acids is 1. The third-order valence-electron chi connectivity index (χ3n) is 2.82. The van der Waals surface area contributed by atoms with Gasteiger partial charge in [-0.3, -0.25) is 4.79 Å². The molecule has 0 aliphatic carbocycles. The van der Waals surface area contributed by atoms with Gasteiger partial charge in [0, 0.05) is 18.6 Å². The van der Waals surface area contributed by atoms with Crippen LogP contribution in [0.4, 0.5) is 0 Å². The Bertz CT molecular complexity index is 398. The van der Waals surface area contributed by atoms with E-state index in [-0.39, 0.29) is 18.6 Å². The van der Waals surface area contributed by atoms with Crippen molar-refractivity contribution < 1.29 is 9.53 Å². The Morgan fingerprint density at radius 3 is 2.78 bits per heavy atom. The second kappa shape index (κ2) is 7.36. The maximum Gasteiger partial charge on any atom is 0.248 e. The molecule has 1 rings (SSSR count). The fourth-order valence-corrected chi connectivity index (χ4v) is 1.88. The van der Waals surface area contributed by atoms with Crippen LogP contribution in [0.3, 0.4) is 0 Å². The molecule has 0 fully saturated rings. The minimum Gasteiger partial charge on any atom is -0.370 e. The lowest BCUT2D eigenvalue weighted by atomic mass is 10.1. The van der Waals surface area contributed by atoms with Crippen LogP contribution in [-0.2, 0) is 9.53 Å². The van der Waals surface area contributed by atoms with E-state index in [4.69, 9.17) is 22.1 Å². The first-order valence-electron chi connectivity index (χ1n) is 5.85. The van der Waals surface area contributed by atoms with Gasteiger partial charge in [-0.05, 0) is 18.6 Å². The standard InChI is InChI=1S/C13H19ClN2O2/c1-10(11-5-3-4-6-12(11)14)16(2)13(17)9-18-8-7-15/h3-6,10H,7-9,15H2,1-2H3. The maximum atomic E-state index is 11.9. The normalized spacial score (nSPS) is 12.2. The smallest absolute Gasteiger partial charge is 0.248 e. The van der Waals surface area contributed by atoms with Crippen LogP contribution >= 0.6 is 11.6 Å². The van der Waals surface area contributed by atoms with Crippen molar-refractivity contribution in [2.75, 3.05) is 26.8 Å². The largest absolute Gasteiger partial charge is 0.370 e. The van der Waals surface area contributed by atoms with Crippen molar-refractivity contribution in [3.8, 4) is 0 Å². The molecule has 100 valence electrons. The van der Waals surface area contributed by atoms with E-state index in [1.54, 1.807) is 11.9 Å². The van der Waals surface area contributed by atoms with Crippen molar-refractivity contribution >= 4 is 17.5 Å². The van der Waals surface area contributed by atoms with Gasteiger partial charge in [-0.2, -0.15) is 0 Å². The van der Waals surface area contributed by atoms with Crippen LogP contribution in [0.5, 0.6) is 0 Å². The number of benzene rings is 1. The topological polar surface area (TPSA) is 55.6 Å². The molecule has 4 nitrogen and oxygen atoms in total. The molecule has 0 saturated carbocycles. The molecule has 0 aliphatic heterocycles. The van der Waals surface area contributed by atoms with Crippen LogP contribution in [0, 0.1) is 0 Å². The van der Waals surface area contributed by atoms with Crippen LogP contribution in [0.1, 0.15) is 18.5 Å². The molecule has 0 bridgehead atoms. The third kappa shape index (κ3) is 3.98. The summed E-state index contributed by atoms with van der Waals surface area (Å²) in [5, 5.41) is 0.660. The second-order valence-electron chi connectivity index (χ2n) is 4.04. The van der Waals surface area contributed by atoms with Gasteiger partial charge in [-0.1, -0.05) is 29.8 Å². The molecule has 0 spiro atoms. The van der Waals surface area contributed by atoms with Gasteiger partial charge in [0.25, 0.3) is 0 Å². The molecule has 1 amide bonds. The first kappa shape index (κ1) is 15.0. The number of nitrogens with zero attached hydrogens (tertiary/aromatic N) is 1. The van der Waals surface area contributed by atoms with E-state index in [0.29, 0.717) is 18.2 Å². The molecule has 0 aliphatic rings. The number of amides is 1.